The van der Waals surface area contributed by atoms with E-state index in [2.05, 4.69) is 20.9 Å². The van der Waals surface area contributed by atoms with Crippen molar-refractivity contribution in [3.05, 3.63) is 41.7 Å². The first-order valence-electron chi connectivity index (χ1n) is 9.07. The summed E-state index contributed by atoms with van der Waals surface area (Å²) < 4.78 is 45.9. The molecule has 7 nitrogen and oxygen atoms in total. The molecule has 11 heteroatoms. The van der Waals surface area contributed by atoms with E-state index < -0.39 is 23.7 Å². The maximum absolute atomic E-state index is 13.0. The Bertz CT molecular complexity index is 809. The Morgan fingerprint density at radius 1 is 1.34 bits per heavy atom. The standard InChI is InChI=1S/C18H22F3N5O2.ClH/c1-12(11-28-16-5-3-2-4-14(16)18(19,20)21)23-17(27)15-10-26(25-24-15)13-6-8-22-9-7-13;/h2-5,10,12-13,22H,6-9,11H2,1H3,(H,23,27);1H. The molecular formula is C18H23ClF3N5O2. The van der Waals surface area contributed by atoms with Gasteiger partial charge in [-0.05, 0) is 45.0 Å². The molecule has 2 heterocycles. The maximum atomic E-state index is 13.0. The van der Waals surface area contributed by atoms with Crippen molar-refractivity contribution in [3.8, 4) is 5.75 Å². The Balaban J connectivity index is 0.00000300. The Labute approximate surface area is 172 Å². The molecule has 160 valence electrons. The summed E-state index contributed by atoms with van der Waals surface area (Å²) in [4.78, 5) is 12.3. The molecule has 0 radical (unpaired) electrons. The summed E-state index contributed by atoms with van der Waals surface area (Å²) in [6.07, 6.45) is -1.09. The third-order valence-electron chi connectivity index (χ3n) is 4.48. The van der Waals surface area contributed by atoms with Gasteiger partial charge in [0.15, 0.2) is 5.69 Å². The fourth-order valence-electron chi connectivity index (χ4n) is 3.01. The molecule has 0 aliphatic carbocycles. The topological polar surface area (TPSA) is 81.1 Å². The van der Waals surface area contributed by atoms with Crippen molar-refractivity contribution in [2.75, 3.05) is 19.7 Å². The van der Waals surface area contributed by atoms with Gasteiger partial charge in [0.1, 0.15) is 12.4 Å². The van der Waals surface area contributed by atoms with Gasteiger partial charge >= 0.3 is 6.18 Å². The number of carbonyl (C=O) groups excluding carboxylic acids is 1. The zero-order valence-corrected chi connectivity index (χ0v) is 16.6. The summed E-state index contributed by atoms with van der Waals surface area (Å²) in [5, 5.41) is 13.8. The lowest BCUT2D eigenvalue weighted by atomic mass is 10.1. The lowest BCUT2D eigenvalue weighted by Crippen LogP contribution is -2.37. The molecule has 1 aliphatic rings. The Morgan fingerprint density at radius 3 is 2.72 bits per heavy atom. The second-order valence-corrected chi connectivity index (χ2v) is 6.74. The first-order valence-corrected chi connectivity index (χ1v) is 9.07. The van der Waals surface area contributed by atoms with E-state index in [-0.39, 0.29) is 36.5 Å². The van der Waals surface area contributed by atoms with Crippen LogP contribution in [0.25, 0.3) is 0 Å². The number of halogens is 4. The van der Waals surface area contributed by atoms with Crippen LogP contribution in [0.3, 0.4) is 0 Å². The number of piperidine rings is 1. The summed E-state index contributed by atoms with van der Waals surface area (Å²) >= 11 is 0. The molecule has 1 fully saturated rings. The predicted octanol–water partition coefficient (Wildman–Crippen LogP) is 2.84. The third kappa shape index (κ3) is 6.07. The average Bonchev–Trinajstić information content (AvgIpc) is 3.17. The van der Waals surface area contributed by atoms with Gasteiger partial charge in [-0.15, -0.1) is 17.5 Å². The van der Waals surface area contributed by atoms with E-state index >= 15 is 0 Å². The Morgan fingerprint density at radius 2 is 2.03 bits per heavy atom. The number of carbonyl (C=O) groups is 1. The van der Waals surface area contributed by atoms with Crippen LogP contribution in [-0.4, -0.2) is 46.6 Å². The highest BCUT2D eigenvalue weighted by Crippen LogP contribution is 2.35. The van der Waals surface area contributed by atoms with Gasteiger partial charge in [0, 0.05) is 0 Å². The van der Waals surface area contributed by atoms with Crippen LogP contribution in [0.1, 0.15) is 41.9 Å². The molecule has 0 bridgehead atoms. The molecule has 1 saturated heterocycles. The molecule has 2 N–H and O–H groups in total. The van der Waals surface area contributed by atoms with Crippen LogP contribution in [-0.2, 0) is 6.18 Å². The number of amides is 1. The second kappa shape index (κ2) is 9.93. The summed E-state index contributed by atoms with van der Waals surface area (Å²) in [5.74, 6) is -0.714. The number of aromatic nitrogens is 3. The molecule has 0 spiro atoms. The van der Waals surface area contributed by atoms with Crippen molar-refractivity contribution in [2.24, 2.45) is 0 Å². The molecule has 1 atom stereocenters. The Kier molecular flexibility index (Phi) is 7.86. The van der Waals surface area contributed by atoms with Crippen LogP contribution in [0.15, 0.2) is 30.5 Å². The number of para-hydroxylation sites is 1. The lowest BCUT2D eigenvalue weighted by Gasteiger charge is -2.22. The summed E-state index contributed by atoms with van der Waals surface area (Å²) in [5.41, 5.74) is -0.681. The zero-order valence-electron chi connectivity index (χ0n) is 15.8. The van der Waals surface area contributed by atoms with Gasteiger partial charge in [-0.3, -0.25) is 4.79 Å². The zero-order chi connectivity index (χ0) is 20.1. The van der Waals surface area contributed by atoms with E-state index in [1.165, 1.54) is 18.2 Å². The summed E-state index contributed by atoms with van der Waals surface area (Å²) in [6, 6.07) is 4.66. The van der Waals surface area contributed by atoms with Crippen molar-refractivity contribution in [1.29, 1.82) is 0 Å². The number of alkyl halides is 3. The highest BCUT2D eigenvalue weighted by Gasteiger charge is 2.34. The largest absolute Gasteiger partial charge is 0.491 e. The van der Waals surface area contributed by atoms with E-state index in [0.717, 1.165) is 32.0 Å². The van der Waals surface area contributed by atoms with Crippen LogP contribution in [0.5, 0.6) is 5.75 Å². The van der Waals surface area contributed by atoms with Gasteiger partial charge in [-0.1, -0.05) is 17.3 Å². The molecule has 0 saturated carbocycles. The number of ether oxygens (including phenoxy) is 1. The van der Waals surface area contributed by atoms with Crippen molar-refractivity contribution in [2.45, 2.75) is 38.0 Å². The van der Waals surface area contributed by atoms with Gasteiger partial charge in [0.2, 0.25) is 0 Å². The lowest BCUT2D eigenvalue weighted by molar-refractivity contribution is -0.139. The Hall–Kier alpha value is -2.33. The maximum Gasteiger partial charge on any atom is 0.419 e. The van der Waals surface area contributed by atoms with Crippen LogP contribution >= 0.6 is 12.4 Å². The first kappa shape index (κ1) is 23.0. The number of nitrogens with one attached hydrogen (secondary N) is 2. The molecule has 1 unspecified atom stereocenters. The normalized spacial score (nSPS) is 16.0. The van der Waals surface area contributed by atoms with Crippen LogP contribution in [0.2, 0.25) is 0 Å². The molecule has 1 amide bonds. The number of hydrogen-bond acceptors (Lipinski definition) is 5. The first-order chi connectivity index (χ1) is 13.3. The highest BCUT2D eigenvalue weighted by molar-refractivity contribution is 5.92. The second-order valence-electron chi connectivity index (χ2n) is 6.74. The van der Waals surface area contributed by atoms with E-state index in [1.54, 1.807) is 17.8 Å². The van der Waals surface area contributed by atoms with Gasteiger partial charge in [-0.25, -0.2) is 4.68 Å². The van der Waals surface area contributed by atoms with Crippen molar-refractivity contribution < 1.29 is 22.7 Å². The minimum atomic E-state index is -4.50. The molecule has 2 aromatic rings. The molecule has 3 rings (SSSR count). The number of nitrogens with zero attached hydrogens (tertiary/aromatic N) is 3. The highest BCUT2D eigenvalue weighted by atomic mass is 35.5. The fraction of sp³-hybridized carbons (Fsp3) is 0.500. The number of benzene rings is 1. The van der Waals surface area contributed by atoms with Gasteiger partial charge in [0.25, 0.3) is 5.91 Å². The van der Waals surface area contributed by atoms with Crippen molar-refractivity contribution in [3.63, 3.8) is 0 Å². The van der Waals surface area contributed by atoms with Gasteiger partial charge in [0.05, 0.1) is 23.8 Å². The predicted molar refractivity (Wildman–Crippen MR) is 102 cm³/mol. The monoisotopic (exact) mass is 433 g/mol. The fourth-order valence-corrected chi connectivity index (χ4v) is 3.01. The van der Waals surface area contributed by atoms with Gasteiger partial charge < -0.3 is 15.4 Å². The van der Waals surface area contributed by atoms with E-state index in [1.807, 2.05) is 0 Å². The minimum absolute atomic E-state index is 0. The average molecular weight is 434 g/mol. The van der Waals surface area contributed by atoms with E-state index in [0.29, 0.717) is 0 Å². The van der Waals surface area contributed by atoms with Crippen molar-refractivity contribution >= 4 is 18.3 Å². The summed E-state index contributed by atoms with van der Waals surface area (Å²) in [6.45, 7) is 3.31. The van der Waals surface area contributed by atoms with Gasteiger partial charge in [-0.2, -0.15) is 13.2 Å². The van der Waals surface area contributed by atoms with E-state index in [9.17, 15) is 18.0 Å². The molecular weight excluding hydrogens is 411 g/mol. The van der Waals surface area contributed by atoms with Crippen LogP contribution in [0.4, 0.5) is 13.2 Å². The molecule has 1 aromatic heterocycles. The summed E-state index contributed by atoms with van der Waals surface area (Å²) in [7, 11) is 0. The number of rotatable bonds is 6. The molecule has 29 heavy (non-hydrogen) atoms. The molecule has 1 aliphatic heterocycles. The smallest absolute Gasteiger partial charge is 0.419 e. The quantitative estimate of drug-likeness (QED) is 0.732. The number of hydrogen-bond donors (Lipinski definition) is 2. The minimum Gasteiger partial charge on any atom is -0.491 e. The van der Waals surface area contributed by atoms with Crippen LogP contribution in [0, 0.1) is 0 Å². The van der Waals surface area contributed by atoms with E-state index in [4.69, 9.17) is 4.74 Å². The molecule has 1 aromatic carbocycles. The van der Waals surface area contributed by atoms with Crippen LogP contribution < -0.4 is 15.4 Å². The third-order valence-corrected chi connectivity index (χ3v) is 4.48. The SMILES string of the molecule is CC(COc1ccccc1C(F)(F)F)NC(=O)c1cn(C2CCNCC2)nn1.Cl. The van der Waals surface area contributed by atoms with Crippen molar-refractivity contribution in [1.82, 2.24) is 25.6 Å².